The molecule has 1 aromatic carbocycles. The number of fused-ring (bicyclic) bond motifs is 1. The molecule has 0 unspecified atom stereocenters. The van der Waals surface area contributed by atoms with Gasteiger partial charge in [0.1, 0.15) is 0 Å². The maximum atomic E-state index is 2.24. The highest BCUT2D eigenvalue weighted by Gasteiger charge is 2.07. The van der Waals surface area contributed by atoms with Crippen LogP contribution in [0.3, 0.4) is 0 Å². The smallest absolute Gasteiger partial charge is 0.0620 e. The standard InChI is InChI=1S/C12H16N2/c1-9-5-6-11-10(7-9)12(13(2)3)8-14(11)4/h5-8H,1-4H3. The molecule has 0 saturated heterocycles. The van der Waals surface area contributed by atoms with Crippen LogP contribution in [0.2, 0.25) is 0 Å². The fourth-order valence-electron chi connectivity index (χ4n) is 1.84. The van der Waals surface area contributed by atoms with Gasteiger partial charge in [0.15, 0.2) is 0 Å². The van der Waals surface area contributed by atoms with Crippen molar-refractivity contribution >= 4 is 16.6 Å². The van der Waals surface area contributed by atoms with Gasteiger partial charge in [-0.05, 0) is 19.1 Å². The zero-order valence-corrected chi connectivity index (χ0v) is 9.20. The van der Waals surface area contributed by atoms with Gasteiger partial charge >= 0.3 is 0 Å². The number of aromatic nitrogens is 1. The summed E-state index contributed by atoms with van der Waals surface area (Å²) in [4.78, 5) is 2.15. The summed E-state index contributed by atoms with van der Waals surface area (Å²) >= 11 is 0. The maximum absolute atomic E-state index is 2.24. The average Bonchev–Trinajstić information content (AvgIpc) is 2.43. The van der Waals surface area contributed by atoms with Crippen LogP contribution in [0.1, 0.15) is 5.56 Å². The Labute approximate surface area is 84.8 Å². The third-order valence-corrected chi connectivity index (χ3v) is 2.61. The van der Waals surface area contributed by atoms with Gasteiger partial charge in [-0.3, -0.25) is 0 Å². The lowest BCUT2D eigenvalue weighted by atomic mass is 10.1. The van der Waals surface area contributed by atoms with E-state index in [1.54, 1.807) is 0 Å². The quantitative estimate of drug-likeness (QED) is 0.667. The summed E-state index contributed by atoms with van der Waals surface area (Å²) in [6, 6.07) is 6.57. The highest BCUT2D eigenvalue weighted by Crippen LogP contribution is 2.27. The van der Waals surface area contributed by atoms with E-state index in [2.05, 4.69) is 61.9 Å². The molecule has 0 amide bonds. The molecule has 14 heavy (non-hydrogen) atoms. The predicted octanol–water partition coefficient (Wildman–Crippen LogP) is 2.55. The Morgan fingerprint density at radius 1 is 1.21 bits per heavy atom. The number of benzene rings is 1. The summed E-state index contributed by atoms with van der Waals surface area (Å²) in [5.74, 6) is 0. The maximum Gasteiger partial charge on any atom is 0.0620 e. The minimum absolute atomic E-state index is 1.28. The first-order valence-electron chi connectivity index (χ1n) is 4.82. The monoisotopic (exact) mass is 188 g/mol. The minimum atomic E-state index is 1.28. The summed E-state index contributed by atoms with van der Waals surface area (Å²) in [5.41, 5.74) is 3.89. The number of nitrogens with zero attached hydrogens (tertiary/aromatic N) is 2. The zero-order valence-electron chi connectivity index (χ0n) is 9.20. The van der Waals surface area contributed by atoms with E-state index < -0.39 is 0 Å². The summed E-state index contributed by atoms with van der Waals surface area (Å²) in [6.45, 7) is 2.13. The molecule has 0 aliphatic carbocycles. The largest absolute Gasteiger partial charge is 0.376 e. The van der Waals surface area contributed by atoms with Crippen molar-refractivity contribution in [3.63, 3.8) is 0 Å². The van der Waals surface area contributed by atoms with Crippen LogP contribution in [0.4, 0.5) is 5.69 Å². The molecule has 0 radical (unpaired) electrons. The highest BCUT2D eigenvalue weighted by molar-refractivity contribution is 5.93. The molecule has 1 heterocycles. The lowest BCUT2D eigenvalue weighted by Gasteiger charge is -2.10. The van der Waals surface area contributed by atoms with E-state index in [9.17, 15) is 0 Å². The molecule has 1 aromatic heterocycles. The molecule has 0 atom stereocenters. The van der Waals surface area contributed by atoms with E-state index in [1.165, 1.54) is 22.2 Å². The van der Waals surface area contributed by atoms with Crippen LogP contribution >= 0.6 is 0 Å². The molecule has 0 N–H and O–H groups in total. The Morgan fingerprint density at radius 3 is 2.57 bits per heavy atom. The molecule has 0 saturated carbocycles. The number of hydrogen-bond donors (Lipinski definition) is 0. The third kappa shape index (κ3) is 1.27. The molecule has 0 aliphatic heterocycles. The predicted molar refractivity (Wildman–Crippen MR) is 62.0 cm³/mol. The molecule has 0 spiro atoms. The summed E-state index contributed by atoms with van der Waals surface area (Å²) in [5, 5.41) is 1.33. The highest BCUT2D eigenvalue weighted by atomic mass is 15.1. The molecule has 74 valence electrons. The van der Waals surface area contributed by atoms with E-state index in [1.807, 2.05) is 0 Å². The molecular formula is C12H16N2. The first-order valence-corrected chi connectivity index (χ1v) is 4.82. The van der Waals surface area contributed by atoms with Crippen LogP contribution in [-0.2, 0) is 7.05 Å². The third-order valence-electron chi connectivity index (χ3n) is 2.61. The second-order valence-electron chi connectivity index (χ2n) is 4.04. The van der Waals surface area contributed by atoms with Gasteiger partial charge in [0, 0.05) is 38.2 Å². The van der Waals surface area contributed by atoms with Crippen LogP contribution in [0.25, 0.3) is 10.9 Å². The van der Waals surface area contributed by atoms with E-state index in [0.717, 1.165) is 0 Å². The Hall–Kier alpha value is -1.44. The molecule has 0 bridgehead atoms. The van der Waals surface area contributed by atoms with Crippen molar-refractivity contribution in [2.45, 2.75) is 6.92 Å². The molecule has 0 fully saturated rings. The Kier molecular flexibility index (Phi) is 1.99. The Morgan fingerprint density at radius 2 is 1.93 bits per heavy atom. The summed E-state index contributed by atoms with van der Waals surface area (Å²) < 4.78 is 2.17. The van der Waals surface area contributed by atoms with Gasteiger partial charge in [0.2, 0.25) is 0 Å². The van der Waals surface area contributed by atoms with Crippen LogP contribution < -0.4 is 4.90 Å². The van der Waals surface area contributed by atoms with E-state index >= 15 is 0 Å². The van der Waals surface area contributed by atoms with Gasteiger partial charge in [0.05, 0.1) is 5.69 Å². The van der Waals surface area contributed by atoms with Gasteiger partial charge in [-0.1, -0.05) is 11.6 Å². The Balaban J connectivity index is 2.79. The second-order valence-corrected chi connectivity index (χ2v) is 4.04. The van der Waals surface area contributed by atoms with Crippen LogP contribution in [0.5, 0.6) is 0 Å². The van der Waals surface area contributed by atoms with Gasteiger partial charge in [0.25, 0.3) is 0 Å². The lowest BCUT2D eigenvalue weighted by molar-refractivity contribution is 0.962. The number of anilines is 1. The molecule has 2 aromatic rings. The van der Waals surface area contributed by atoms with Crippen molar-refractivity contribution in [1.82, 2.24) is 4.57 Å². The SMILES string of the molecule is Cc1ccc2c(c1)c(N(C)C)cn2C. The Bertz CT molecular complexity index is 466. The normalized spacial score (nSPS) is 10.9. The average molecular weight is 188 g/mol. The molecule has 2 rings (SSSR count). The van der Waals surface area contributed by atoms with Crippen LogP contribution in [0, 0.1) is 6.92 Å². The van der Waals surface area contributed by atoms with Crippen molar-refractivity contribution in [2.24, 2.45) is 7.05 Å². The van der Waals surface area contributed by atoms with E-state index in [4.69, 9.17) is 0 Å². The number of aryl methyl sites for hydroxylation is 2. The van der Waals surface area contributed by atoms with E-state index in [0.29, 0.717) is 0 Å². The topological polar surface area (TPSA) is 8.17 Å². The van der Waals surface area contributed by atoms with Crippen molar-refractivity contribution in [3.8, 4) is 0 Å². The van der Waals surface area contributed by atoms with Crippen molar-refractivity contribution in [1.29, 1.82) is 0 Å². The van der Waals surface area contributed by atoms with Crippen LogP contribution in [-0.4, -0.2) is 18.7 Å². The summed E-state index contributed by atoms with van der Waals surface area (Å²) in [7, 11) is 6.25. The molecule has 2 heteroatoms. The fourth-order valence-corrected chi connectivity index (χ4v) is 1.84. The van der Waals surface area contributed by atoms with Crippen molar-refractivity contribution < 1.29 is 0 Å². The van der Waals surface area contributed by atoms with Gasteiger partial charge in [-0.15, -0.1) is 0 Å². The van der Waals surface area contributed by atoms with Gasteiger partial charge in [-0.25, -0.2) is 0 Å². The lowest BCUT2D eigenvalue weighted by Crippen LogP contribution is -2.07. The van der Waals surface area contributed by atoms with Gasteiger partial charge < -0.3 is 9.47 Å². The molecular weight excluding hydrogens is 172 g/mol. The van der Waals surface area contributed by atoms with Gasteiger partial charge in [-0.2, -0.15) is 0 Å². The van der Waals surface area contributed by atoms with Crippen molar-refractivity contribution in [3.05, 3.63) is 30.0 Å². The number of hydrogen-bond acceptors (Lipinski definition) is 1. The van der Waals surface area contributed by atoms with Crippen molar-refractivity contribution in [2.75, 3.05) is 19.0 Å². The zero-order chi connectivity index (χ0) is 10.3. The molecule has 0 aliphatic rings. The minimum Gasteiger partial charge on any atom is -0.376 e. The fraction of sp³-hybridized carbons (Fsp3) is 0.333. The molecule has 2 nitrogen and oxygen atoms in total. The summed E-state index contributed by atoms with van der Waals surface area (Å²) in [6.07, 6.45) is 2.17. The van der Waals surface area contributed by atoms with Crippen LogP contribution in [0.15, 0.2) is 24.4 Å². The van der Waals surface area contributed by atoms with E-state index in [-0.39, 0.29) is 0 Å². The first kappa shape index (κ1) is 9.13. The number of rotatable bonds is 1. The second kappa shape index (κ2) is 3.05. The first-order chi connectivity index (χ1) is 6.59.